The molecule has 0 aromatic heterocycles. The van der Waals surface area contributed by atoms with E-state index >= 15 is 0 Å². The van der Waals surface area contributed by atoms with E-state index in [-0.39, 0.29) is 24.2 Å². The number of rotatable bonds is 5. The van der Waals surface area contributed by atoms with Crippen molar-refractivity contribution in [1.82, 2.24) is 10.2 Å². The second-order valence-electron chi connectivity index (χ2n) is 10.2. The summed E-state index contributed by atoms with van der Waals surface area (Å²) in [5.74, 6) is 0.181. The Morgan fingerprint density at radius 1 is 0.947 bits per heavy atom. The summed E-state index contributed by atoms with van der Waals surface area (Å²) >= 11 is 0. The summed E-state index contributed by atoms with van der Waals surface area (Å²) in [5.41, 5.74) is 6.96. The number of piperidine rings is 1. The lowest BCUT2D eigenvalue weighted by Gasteiger charge is -2.29. The predicted molar refractivity (Wildman–Crippen MR) is 144 cm³/mol. The van der Waals surface area contributed by atoms with Crippen LogP contribution in [0.3, 0.4) is 0 Å². The smallest absolute Gasteiger partial charge is 0.255 e. The van der Waals surface area contributed by atoms with Crippen LogP contribution in [0.25, 0.3) is 0 Å². The third-order valence-corrected chi connectivity index (χ3v) is 7.84. The van der Waals surface area contributed by atoms with Crippen molar-refractivity contribution in [2.24, 2.45) is 10.9 Å². The largest absolute Gasteiger partial charge is 0.497 e. The van der Waals surface area contributed by atoms with Gasteiger partial charge in [0.1, 0.15) is 11.8 Å². The molecule has 6 rings (SSSR count). The minimum Gasteiger partial charge on any atom is -0.497 e. The van der Waals surface area contributed by atoms with Gasteiger partial charge < -0.3 is 9.64 Å². The molecule has 1 fully saturated rings. The highest BCUT2D eigenvalue weighted by Crippen LogP contribution is 2.34. The van der Waals surface area contributed by atoms with Crippen molar-refractivity contribution < 1.29 is 19.1 Å². The van der Waals surface area contributed by atoms with Gasteiger partial charge in [0.15, 0.2) is 0 Å². The molecule has 1 saturated heterocycles. The first-order chi connectivity index (χ1) is 18.5. The molecule has 192 valence electrons. The molecule has 3 aromatic carbocycles. The van der Waals surface area contributed by atoms with Gasteiger partial charge in [0.25, 0.3) is 5.91 Å². The first-order valence-corrected chi connectivity index (χ1v) is 13.1. The number of methoxy groups -OCH3 is 1. The number of aryl methyl sites for hydroxylation is 1. The molecular formula is C31H29N3O4. The van der Waals surface area contributed by atoms with E-state index in [1.54, 1.807) is 12.0 Å². The van der Waals surface area contributed by atoms with Gasteiger partial charge in [0.2, 0.25) is 11.8 Å². The van der Waals surface area contributed by atoms with Crippen LogP contribution < -0.4 is 10.1 Å². The van der Waals surface area contributed by atoms with Gasteiger partial charge in [-0.25, -0.2) is 0 Å². The van der Waals surface area contributed by atoms with Crippen molar-refractivity contribution in [3.63, 3.8) is 0 Å². The molecule has 0 bridgehead atoms. The van der Waals surface area contributed by atoms with Gasteiger partial charge >= 0.3 is 0 Å². The molecule has 3 aliphatic heterocycles. The highest BCUT2D eigenvalue weighted by atomic mass is 16.5. The van der Waals surface area contributed by atoms with E-state index in [0.29, 0.717) is 18.5 Å². The van der Waals surface area contributed by atoms with Crippen LogP contribution in [0.2, 0.25) is 0 Å². The van der Waals surface area contributed by atoms with Crippen molar-refractivity contribution >= 4 is 29.1 Å². The second-order valence-corrected chi connectivity index (χ2v) is 10.2. The normalized spacial score (nSPS) is 20.8. The van der Waals surface area contributed by atoms with Gasteiger partial charge in [-0.1, -0.05) is 36.4 Å². The molecule has 3 aliphatic rings. The summed E-state index contributed by atoms with van der Waals surface area (Å²) in [6.45, 7) is 0.349. The monoisotopic (exact) mass is 507 g/mol. The highest BCUT2D eigenvalue weighted by Gasteiger charge is 2.39. The fourth-order valence-electron chi connectivity index (χ4n) is 5.80. The molecule has 38 heavy (non-hydrogen) atoms. The molecule has 2 atom stereocenters. The van der Waals surface area contributed by atoms with E-state index in [1.807, 2.05) is 30.3 Å². The van der Waals surface area contributed by atoms with Crippen molar-refractivity contribution in [3.8, 4) is 5.75 Å². The molecule has 0 saturated carbocycles. The molecule has 0 spiro atoms. The predicted octanol–water partition coefficient (Wildman–Crippen LogP) is 4.38. The number of nitrogens with zero attached hydrogens (tertiary/aromatic N) is 2. The third-order valence-electron chi connectivity index (χ3n) is 7.84. The topological polar surface area (TPSA) is 88.1 Å². The maximum atomic E-state index is 13.2. The molecule has 1 N–H and O–H groups in total. The Hall–Kier alpha value is -4.26. The lowest BCUT2D eigenvalue weighted by Crippen LogP contribution is -2.52. The molecular weight excluding hydrogens is 478 g/mol. The number of para-hydroxylation sites is 1. The summed E-state index contributed by atoms with van der Waals surface area (Å²) in [6.07, 6.45) is 3.34. The minimum absolute atomic E-state index is 0.163. The van der Waals surface area contributed by atoms with Gasteiger partial charge in [0.05, 0.1) is 18.5 Å². The van der Waals surface area contributed by atoms with Crippen LogP contribution in [0.4, 0.5) is 5.69 Å². The van der Waals surface area contributed by atoms with E-state index in [2.05, 4.69) is 41.7 Å². The van der Waals surface area contributed by atoms with Crippen molar-refractivity contribution in [1.29, 1.82) is 0 Å². The zero-order valence-electron chi connectivity index (χ0n) is 21.3. The average molecular weight is 508 g/mol. The summed E-state index contributed by atoms with van der Waals surface area (Å²) in [7, 11) is 1.67. The standard InChI is InChI=1S/C31H29N3O4/c1-38-24-11-6-19(7-12-24)16-21-9-8-20-4-2-3-5-26(20)32-29(21)22-10-13-25-23(17-22)18-34(31(25)37)27-14-15-28(35)33-30(27)36/h2-7,10-13,17,21,27H,8-9,14-16,18H2,1H3,(H,33,35,36). The molecule has 3 heterocycles. The zero-order valence-corrected chi connectivity index (χ0v) is 21.3. The Bertz CT molecular complexity index is 1460. The fourth-order valence-corrected chi connectivity index (χ4v) is 5.80. The van der Waals surface area contributed by atoms with Crippen molar-refractivity contribution in [2.45, 2.75) is 44.7 Å². The number of aliphatic imine (C=N–C) groups is 1. The highest BCUT2D eigenvalue weighted by molar-refractivity contribution is 6.08. The number of nitrogens with one attached hydrogen (secondary N) is 1. The summed E-state index contributed by atoms with van der Waals surface area (Å²) in [5, 5.41) is 2.37. The number of amides is 3. The molecule has 0 radical (unpaired) electrons. The quantitative estimate of drug-likeness (QED) is 0.519. The number of fused-ring (bicyclic) bond motifs is 2. The van der Waals surface area contributed by atoms with Crippen LogP contribution in [-0.4, -0.2) is 41.5 Å². The summed E-state index contributed by atoms with van der Waals surface area (Å²) < 4.78 is 5.33. The van der Waals surface area contributed by atoms with E-state index in [0.717, 1.165) is 47.5 Å². The van der Waals surface area contributed by atoms with Crippen molar-refractivity contribution in [3.05, 3.63) is 94.5 Å². The maximum Gasteiger partial charge on any atom is 0.255 e. The van der Waals surface area contributed by atoms with Crippen molar-refractivity contribution in [2.75, 3.05) is 7.11 Å². The number of carbonyl (C=O) groups excluding carboxylic acids is 3. The average Bonchev–Trinajstić information content (AvgIpc) is 3.14. The van der Waals surface area contributed by atoms with Crippen LogP contribution in [0.1, 0.15) is 51.9 Å². The van der Waals surface area contributed by atoms with Gasteiger partial charge in [-0.2, -0.15) is 0 Å². The molecule has 3 amide bonds. The number of ether oxygens (including phenoxy) is 1. The van der Waals surface area contributed by atoms with Crippen LogP contribution in [0.15, 0.2) is 71.7 Å². The van der Waals surface area contributed by atoms with Gasteiger partial charge in [-0.3, -0.25) is 24.7 Å². The van der Waals surface area contributed by atoms with Gasteiger partial charge in [-0.05, 0) is 78.3 Å². The number of benzene rings is 3. The molecule has 0 aliphatic carbocycles. The molecule has 7 heteroatoms. The summed E-state index contributed by atoms with van der Waals surface area (Å²) in [6, 6.07) is 21.8. The van der Waals surface area contributed by atoms with Crippen LogP contribution in [0, 0.1) is 5.92 Å². The zero-order chi connectivity index (χ0) is 26.2. The fraction of sp³-hybridized carbons (Fsp3) is 0.290. The van der Waals surface area contributed by atoms with Crippen LogP contribution >= 0.6 is 0 Å². The molecule has 3 aromatic rings. The number of hydrogen-bond acceptors (Lipinski definition) is 5. The summed E-state index contributed by atoms with van der Waals surface area (Å²) in [4.78, 5) is 44.1. The maximum absolute atomic E-state index is 13.2. The third kappa shape index (κ3) is 4.49. The van der Waals surface area contributed by atoms with Crippen LogP contribution in [0.5, 0.6) is 5.75 Å². The van der Waals surface area contributed by atoms with E-state index in [4.69, 9.17) is 9.73 Å². The number of imide groups is 1. The number of carbonyl (C=O) groups is 3. The minimum atomic E-state index is -0.624. The SMILES string of the molecule is COc1ccc(CC2CCc3ccccc3N=C2c2ccc3c(c2)CN(C2CCC(=O)NC2=O)C3=O)cc1. The molecule has 2 unspecified atom stereocenters. The number of hydrogen-bond donors (Lipinski definition) is 1. The Kier molecular flexibility index (Phi) is 6.27. The Morgan fingerprint density at radius 3 is 2.55 bits per heavy atom. The van der Waals surface area contributed by atoms with Gasteiger partial charge in [0, 0.05) is 24.4 Å². The second kappa shape index (κ2) is 9.89. The van der Waals surface area contributed by atoms with E-state index < -0.39 is 11.9 Å². The Labute approximate surface area is 221 Å². The van der Waals surface area contributed by atoms with Gasteiger partial charge in [-0.15, -0.1) is 0 Å². The van der Waals surface area contributed by atoms with E-state index in [9.17, 15) is 14.4 Å². The Balaban J connectivity index is 1.33. The lowest BCUT2D eigenvalue weighted by molar-refractivity contribution is -0.136. The first-order valence-electron chi connectivity index (χ1n) is 13.1. The Morgan fingerprint density at radius 2 is 1.76 bits per heavy atom. The van der Waals surface area contributed by atoms with Crippen LogP contribution in [-0.2, 0) is 29.0 Å². The lowest BCUT2D eigenvalue weighted by atomic mass is 9.86. The molecule has 7 nitrogen and oxygen atoms in total. The first kappa shape index (κ1) is 24.1. The van der Waals surface area contributed by atoms with E-state index in [1.165, 1.54) is 11.1 Å².